The van der Waals surface area contributed by atoms with Gasteiger partial charge in [0.25, 0.3) is 11.8 Å². The third-order valence-electron chi connectivity index (χ3n) is 7.41. The first-order valence-electron chi connectivity index (χ1n) is 13.6. The lowest BCUT2D eigenvalue weighted by atomic mass is 10.1. The molecule has 2 saturated heterocycles. The minimum absolute atomic E-state index is 0.302. The third kappa shape index (κ3) is 6.65. The molecule has 40 heavy (non-hydrogen) atoms. The van der Waals surface area contributed by atoms with Crippen molar-refractivity contribution in [3.8, 4) is 0 Å². The van der Waals surface area contributed by atoms with Crippen LogP contribution >= 0.6 is 0 Å². The Labute approximate surface area is 234 Å². The Morgan fingerprint density at radius 3 is 2.52 bits per heavy atom. The van der Waals surface area contributed by atoms with Crippen LogP contribution < -0.4 is 15.3 Å². The molecule has 210 valence electrons. The van der Waals surface area contributed by atoms with Gasteiger partial charge >= 0.3 is 0 Å². The highest BCUT2D eigenvalue weighted by atomic mass is 16.5. The molecule has 2 N–H and O–H groups in total. The van der Waals surface area contributed by atoms with Gasteiger partial charge in [0, 0.05) is 68.8 Å². The number of rotatable bonds is 7. The molecule has 3 heterocycles. The molecule has 10 nitrogen and oxygen atoms in total. The number of carbonyl (C=O) groups excluding carboxylic acids is 2. The average molecular weight is 545 g/mol. The van der Waals surface area contributed by atoms with E-state index in [1.165, 1.54) is 0 Å². The van der Waals surface area contributed by atoms with Crippen molar-refractivity contribution < 1.29 is 19.5 Å². The van der Waals surface area contributed by atoms with Gasteiger partial charge in [0.1, 0.15) is 5.82 Å². The third-order valence-corrected chi connectivity index (χ3v) is 7.41. The van der Waals surface area contributed by atoms with Crippen molar-refractivity contribution in [1.29, 1.82) is 0 Å². The number of nitrogens with zero attached hydrogens (tertiary/aromatic N) is 5. The molecule has 10 heteroatoms. The predicted octanol–water partition coefficient (Wildman–Crippen LogP) is 3.26. The van der Waals surface area contributed by atoms with Crippen LogP contribution in [0.5, 0.6) is 0 Å². The number of nitrogens with one attached hydrogen (secondary N) is 1. The van der Waals surface area contributed by atoms with Gasteiger partial charge in [-0.1, -0.05) is 18.2 Å². The van der Waals surface area contributed by atoms with Crippen molar-refractivity contribution in [2.75, 3.05) is 74.8 Å². The average Bonchev–Trinajstić information content (AvgIpc) is 2.99. The number of ether oxygens (including phenoxy) is 1. The Morgan fingerprint density at radius 1 is 0.975 bits per heavy atom. The standard InChI is InChI=1S/C30H36N6O4/c1-22-6-7-26(32-29(37)24-8-9-31-28(19-24)35-14-16-40-17-15-35)20-27(22)36(39)30(38)25-5-3-4-23(18-25)21-34-12-10-33(2)11-13-34/h3-9,18-20,39H,10-17,21H2,1-2H3,(H,32,37). The van der Waals surface area contributed by atoms with Crippen LogP contribution in [0.4, 0.5) is 17.2 Å². The second kappa shape index (κ2) is 12.6. The van der Waals surface area contributed by atoms with E-state index in [-0.39, 0.29) is 5.91 Å². The number of anilines is 3. The summed E-state index contributed by atoms with van der Waals surface area (Å²) in [4.78, 5) is 37.5. The number of likely N-dealkylation sites (N-methyl/N-ethyl adjacent to an activating group) is 1. The highest BCUT2D eigenvalue weighted by Gasteiger charge is 2.21. The van der Waals surface area contributed by atoms with E-state index in [0.717, 1.165) is 57.2 Å². The molecule has 2 aliphatic rings. The second-order valence-electron chi connectivity index (χ2n) is 10.4. The molecule has 2 aliphatic heterocycles. The summed E-state index contributed by atoms with van der Waals surface area (Å²) < 4.78 is 5.40. The maximum atomic E-state index is 13.3. The number of benzene rings is 2. The van der Waals surface area contributed by atoms with Gasteiger partial charge in [-0.3, -0.25) is 19.7 Å². The minimum atomic E-state index is -0.531. The summed E-state index contributed by atoms with van der Waals surface area (Å²) in [5.41, 5.74) is 3.35. The molecule has 5 rings (SSSR count). The molecule has 2 aromatic carbocycles. The number of aryl methyl sites for hydroxylation is 1. The lowest BCUT2D eigenvalue weighted by Crippen LogP contribution is -2.43. The van der Waals surface area contributed by atoms with Gasteiger partial charge in [-0.2, -0.15) is 5.06 Å². The molecule has 0 atom stereocenters. The molecule has 1 aromatic heterocycles. The van der Waals surface area contributed by atoms with Crippen molar-refractivity contribution in [1.82, 2.24) is 14.8 Å². The van der Waals surface area contributed by atoms with E-state index >= 15 is 0 Å². The van der Waals surface area contributed by atoms with Crippen LogP contribution in [0.1, 0.15) is 31.8 Å². The predicted molar refractivity (Wildman–Crippen MR) is 154 cm³/mol. The molecular weight excluding hydrogens is 508 g/mol. The van der Waals surface area contributed by atoms with E-state index in [9.17, 15) is 14.8 Å². The fourth-order valence-electron chi connectivity index (χ4n) is 4.94. The summed E-state index contributed by atoms with van der Waals surface area (Å²) in [5.74, 6) is -0.113. The molecule has 3 aromatic rings. The monoisotopic (exact) mass is 544 g/mol. The first kappa shape index (κ1) is 27.7. The van der Waals surface area contributed by atoms with Gasteiger partial charge in [0.05, 0.1) is 18.9 Å². The number of hydrogen-bond acceptors (Lipinski definition) is 8. The molecule has 0 aliphatic carbocycles. The van der Waals surface area contributed by atoms with Crippen LogP contribution in [0.25, 0.3) is 0 Å². The van der Waals surface area contributed by atoms with Crippen molar-refractivity contribution in [3.63, 3.8) is 0 Å². The second-order valence-corrected chi connectivity index (χ2v) is 10.4. The van der Waals surface area contributed by atoms with E-state index in [1.807, 2.05) is 18.2 Å². The Hall–Kier alpha value is -3.83. The lowest BCUT2D eigenvalue weighted by molar-refractivity contribution is 0.0854. The first-order chi connectivity index (χ1) is 19.4. The molecule has 0 radical (unpaired) electrons. The van der Waals surface area contributed by atoms with E-state index in [2.05, 4.69) is 32.0 Å². The quantitative estimate of drug-likeness (QED) is 0.345. The summed E-state index contributed by atoms with van der Waals surface area (Å²) >= 11 is 0. The van der Waals surface area contributed by atoms with Crippen molar-refractivity contribution in [3.05, 3.63) is 83.0 Å². The maximum absolute atomic E-state index is 13.3. The van der Waals surface area contributed by atoms with Gasteiger partial charge in [0.2, 0.25) is 0 Å². The number of aromatic nitrogens is 1. The van der Waals surface area contributed by atoms with Crippen molar-refractivity contribution in [2.24, 2.45) is 0 Å². The number of hydrogen-bond donors (Lipinski definition) is 2. The molecule has 0 saturated carbocycles. The fraction of sp³-hybridized carbons (Fsp3) is 0.367. The Kier molecular flexibility index (Phi) is 8.71. The SMILES string of the molecule is Cc1ccc(NC(=O)c2ccnc(N3CCOCC3)c2)cc1N(O)C(=O)c1cccc(CN2CCN(C)CC2)c1. The van der Waals surface area contributed by atoms with E-state index < -0.39 is 5.91 Å². The van der Waals surface area contributed by atoms with Gasteiger partial charge in [-0.15, -0.1) is 0 Å². The molecule has 0 unspecified atom stereocenters. The molecule has 0 spiro atoms. The van der Waals surface area contributed by atoms with Crippen molar-refractivity contribution in [2.45, 2.75) is 13.5 Å². The van der Waals surface area contributed by atoms with E-state index in [1.54, 1.807) is 49.5 Å². The summed E-state index contributed by atoms with van der Waals surface area (Å²) in [5, 5.41) is 14.5. The molecule has 2 amide bonds. The molecular formula is C30H36N6O4. The maximum Gasteiger partial charge on any atom is 0.282 e. The zero-order chi connectivity index (χ0) is 28.1. The van der Waals surface area contributed by atoms with Crippen LogP contribution in [0.15, 0.2) is 60.8 Å². The molecule has 2 fully saturated rings. The van der Waals surface area contributed by atoms with Gasteiger partial charge in [-0.25, -0.2) is 4.98 Å². The summed E-state index contributed by atoms with van der Waals surface area (Å²) in [6.07, 6.45) is 1.62. The Balaban J connectivity index is 1.27. The van der Waals surface area contributed by atoms with E-state index in [0.29, 0.717) is 46.3 Å². The Morgan fingerprint density at radius 2 is 1.75 bits per heavy atom. The highest BCUT2D eigenvalue weighted by molar-refractivity contribution is 6.07. The fourth-order valence-corrected chi connectivity index (χ4v) is 4.94. The lowest BCUT2D eigenvalue weighted by Gasteiger charge is -2.32. The van der Waals surface area contributed by atoms with Crippen LogP contribution in [0.2, 0.25) is 0 Å². The Bertz CT molecular complexity index is 1350. The number of pyridine rings is 1. The van der Waals surface area contributed by atoms with Gasteiger partial charge in [-0.05, 0) is 61.5 Å². The smallest absolute Gasteiger partial charge is 0.282 e. The highest BCUT2D eigenvalue weighted by Crippen LogP contribution is 2.26. The van der Waals surface area contributed by atoms with Crippen molar-refractivity contribution >= 4 is 29.0 Å². The largest absolute Gasteiger partial charge is 0.378 e. The minimum Gasteiger partial charge on any atom is -0.378 e. The van der Waals surface area contributed by atoms with Gasteiger partial charge in [0.15, 0.2) is 0 Å². The van der Waals surface area contributed by atoms with E-state index in [4.69, 9.17) is 4.74 Å². The number of carbonyl (C=O) groups is 2. The number of amides is 2. The van der Waals surface area contributed by atoms with Crippen LogP contribution in [-0.2, 0) is 11.3 Å². The normalized spacial score (nSPS) is 16.5. The van der Waals surface area contributed by atoms with Crippen LogP contribution in [0.3, 0.4) is 0 Å². The summed E-state index contributed by atoms with van der Waals surface area (Å²) in [6.45, 7) is 9.25. The number of piperazine rings is 1. The first-order valence-corrected chi connectivity index (χ1v) is 13.6. The molecule has 0 bridgehead atoms. The zero-order valence-corrected chi connectivity index (χ0v) is 23.0. The van der Waals surface area contributed by atoms with Gasteiger partial charge < -0.3 is 19.9 Å². The van der Waals surface area contributed by atoms with Crippen LogP contribution in [0, 0.1) is 6.92 Å². The number of hydroxylamine groups is 1. The zero-order valence-electron chi connectivity index (χ0n) is 23.0. The number of morpholine rings is 1. The van der Waals surface area contributed by atoms with Crippen LogP contribution in [-0.4, -0.2) is 91.3 Å². The topological polar surface area (TPSA) is 101 Å². The summed E-state index contributed by atoms with van der Waals surface area (Å²) in [7, 11) is 2.12. The summed E-state index contributed by atoms with van der Waals surface area (Å²) in [6, 6.07) is 15.9.